The Labute approximate surface area is 288 Å². The maximum Gasteiger partial charge on any atom is 0.110 e. The Balaban J connectivity index is 1.20. The summed E-state index contributed by atoms with van der Waals surface area (Å²) in [7, 11) is 0. The lowest BCUT2D eigenvalue weighted by atomic mass is 9.95. The lowest BCUT2D eigenvalue weighted by molar-refractivity contribution is -0.0691. The third-order valence-corrected chi connectivity index (χ3v) is 10.8. The maximum atomic E-state index is 10.3. The van der Waals surface area contributed by atoms with E-state index in [0.29, 0.717) is 58.3 Å². The fourth-order valence-electron chi connectivity index (χ4n) is 6.88. The fourth-order valence-corrected chi connectivity index (χ4v) is 8.03. The van der Waals surface area contributed by atoms with Crippen LogP contribution < -0.4 is 10.6 Å². The number of nitrogens with one attached hydrogen (secondary N) is 2. The average Bonchev–Trinajstić information content (AvgIpc) is 3.70. The Morgan fingerprint density at radius 3 is 2.59 bits per heavy atom. The molecule has 244 valence electrons. The smallest absolute Gasteiger partial charge is 0.110 e. The largest absolute Gasteiger partial charge is 0.378 e. The number of fused-ring (bicyclic) bond motifs is 2. The topological polar surface area (TPSA) is 152 Å². The molecule has 2 atom stereocenters. The molecule has 8 rings (SSSR count). The van der Waals surface area contributed by atoms with E-state index in [2.05, 4.69) is 60.6 Å². The van der Waals surface area contributed by atoms with Crippen molar-refractivity contribution >= 4 is 33.6 Å². The van der Waals surface area contributed by atoms with Crippen molar-refractivity contribution in [2.45, 2.75) is 62.8 Å². The molecule has 12 heteroatoms. The van der Waals surface area contributed by atoms with Gasteiger partial charge in [0.2, 0.25) is 0 Å². The molecule has 5 heterocycles. The summed E-state index contributed by atoms with van der Waals surface area (Å²) < 4.78 is 7.45. The quantitative estimate of drug-likeness (QED) is 0.162. The van der Waals surface area contributed by atoms with Crippen molar-refractivity contribution in [1.29, 1.82) is 15.8 Å². The van der Waals surface area contributed by atoms with Crippen LogP contribution in [0, 0.1) is 34.0 Å². The molecule has 1 saturated carbocycles. The standard InChI is InChI=1S/C37H34N10OS/c38-11-4-7-32(23-5-2-1-3-6-23)43-36-25(16-40)17-41-35-24(15-39)13-26(14-30(35)36)42-37(33-18-47(45-44-33)27-8-9-27)31-22-49-34-19-46(12-10-29(31)34)28-20-48-21-28/h1-3,5-6,13-14,17-18,22,27-28,32,37,42H,4,7-10,12,19-21H2,(H,41,43). The van der Waals surface area contributed by atoms with E-state index in [1.165, 1.54) is 22.2 Å². The summed E-state index contributed by atoms with van der Waals surface area (Å²) in [5.74, 6) is 0. The number of ether oxygens (including phenoxy) is 1. The van der Waals surface area contributed by atoms with E-state index in [-0.39, 0.29) is 12.1 Å². The average molecular weight is 667 g/mol. The Morgan fingerprint density at radius 1 is 1.02 bits per heavy atom. The summed E-state index contributed by atoms with van der Waals surface area (Å²) in [6, 6.07) is 20.9. The first-order valence-corrected chi connectivity index (χ1v) is 17.6. The molecule has 5 aromatic rings. The van der Waals surface area contributed by atoms with Crippen LogP contribution in [0.4, 0.5) is 11.4 Å². The Hall–Kier alpha value is -5.32. The minimum atomic E-state index is -0.300. The van der Waals surface area contributed by atoms with Crippen LogP contribution in [0.3, 0.4) is 0 Å². The van der Waals surface area contributed by atoms with Gasteiger partial charge < -0.3 is 15.4 Å². The molecule has 0 amide bonds. The number of aromatic nitrogens is 4. The van der Waals surface area contributed by atoms with Crippen molar-refractivity contribution in [1.82, 2.24) is 24.9 Å². The number of hydrogen-bond acceptors (Lipinski definition) is 11. The van der Waals surface area contributed by atoms with E-state index in [1.54, 1.807) is 11.3 Å². The first-order valence-electron chi connectivity index (χ1n) is 16.7. The summed E-state index contributed by atoms with van der Waals surface area (Å²) in [6.07, 6.45) is 7.60. The second-order valence-corrected chi connectivity index (χ2v) is 13.9. The number of nitrogens with zero attached hydrogens (tertiary/aromatic N) is 8. The lowest BCUT2D eigenvalue weighted by Gasteiger charge is -2.39. The van der Waals surface area contributed by atoms with Crippen LogP contribution in [0.15, 0.2) is 60.2 Å². The fraction of sp³-hybridized carbons (Fsp3) is 0.351. The van der Waals surface area contributed by atoms with E-state index in [0.717, 1.165) is 56.8 Å². The van der Waals surface area contributed by atoms with Crippen molar-refractivity contribution in [3.63, 3.8) is 0 Å². The summed E-state index contributed by atoms with van der Waals surface area (Å²) >= 11 is 1.79. The van der Waals surface area contributed by atoms with Gasteiger partial charge in [0.25, 0.3) is 0 Å². The number of anilines is 2. The first-order chi connectivity index (χ1) is 24.1. The van der Waals surface area contributed by atoms with Crippen molar-refractivity contribution in [2.24, 2.45) is 0 Å². The highest BCUT2D eigenvalue weighted by Gasteiger charge is 2.33. The minimum absolute atomic E-state index is 0.227. The molecule has 1 aliphatic carbocycles. The molecule has 2 aliphatic heterocycles. The van der Waals surface area contributed by atoms with Gasteiger partial charge in [0, 0.05) is 41.7 Å². The zero-order valence-electron chi connectivity index (χ0n) is 26.8. The van der Waals surface area contributed by atoms with Crippen LogP contribution in [0.2, 0.25) is 0 Å². The molecular weight excluding hydrogens is 633 g/mol. The molecule has 0 spiro atoms. The Morgan fingerprint density at radius 2 is 1.86 bits per heavy atom. The Kier molecular flexibility index (Phi) is 8.40. The van der Waals surface area contributed by atoms with Crippen LogP contribution in [-0.2, 0) is 17.7 Å². The van der Waals surface area contributed by atoms with Crippen LogP contribution in [0.5, 0.6) is 0 Å². The number of hydrogen-bond donors (Lipinski definition) is 2. The molecule has 0 radical (unpaired) electrons. The molecule has 1 saturated heterocycles. The van der Waals surface area contributed by atoms with E-state index >= 15 is 0 Å². The van der Waals surface area contributed by atoms with Gasteiger partial charge >= 0.3 is 0 Å². The molecule has 0 bridgehead atoms. The molecule has 2 N–H and O–H groups in total. The highest BCUT2D eigenvalue weighted by Crippen LogP contribution is 2.41. The van der Waals surface area contributed by atoms with Gasteiger partial charge in [-0.2, -0.15) is 15.8 Å². The first kappa shape index (κ1) is 31.0. The van der Waals surface area contributed by atoms with E-state index in [9.17, 15) is 15.8 Å². The van der Waals surface area contributed by atoms with E-state index < -0.39 is 0 Å². The van der Waals surface area contributed by atoms with Crippen LogP contribution in [0.25, 0.3) is 10.9 Å². The van der Waals surface area contributed by atoms with Gasteiger partial charge in [0.15, 0.2) is 0 Å². The van der Waals surface area contributed by atoms with Crippen LogP contribution >= 0.6 is 11.3 Å². The third kappa shape index (κ3) is 6.09. The second kappa shape index (κ2) is 13.3. The summed E-state index contributed by atoms with van der Waals surface area (Å²) in [6.45, 7) is 3.49. The number of benzene rings is 2. The lowest BCUT2D eigenvalue weighted by Crippen LogP contribution is -2.50. The predicted octanol–water partition coefficient (Wildman–Crippen LogP) is 6.38. The van der Waals surface area contributed by atoms with Crippen molar-refractivity contribution < 1.29 is 4.74 Å². The monoisotopic (exact) mass is 666 g/mol. The number of pyridine rings is 1. The van der Waals surface area contributed by atoms with Crippen molar-refractivity contribution in [3.05, 3.63) is 98.6 Å². The van der Waals surface area contributed by atoms with Gasteiger partial charge in [-0.05, 0) is 59.9 Å². The SMILES string of the molecule is N#CCCC(Nc1c(C#N)cnc2c(C#N)cc(NC(c3cn(C4CC4)nn3)c3csc4c3CCN(C3COC3)C4)cc12)c1ccccc1. The molecule has 2 fully saturated rings. The summed E-state index contributed by atoms with van der Waals surface area (Å²) in [4.78, 5) is 8.46. The van der Waals surface area contributed by atoms with Gasteiger partial charge in [0.1, 0.15) is 17.8 Å². The summed E-state index contributed by atoms with van der Waals surface area (Å²) in [5.41, 5.74) is 6.92. The Bertz CT molecular complexity index is 2130. The van der Waals surface area contributed by atoms with Gasteiger partial charge in [-0.1, -0.05) is 35.5 Å². The molecule has 2 aromatic carbocycles. The molecular formula is C37H34N10OS. The third-order valence-electron chi connectivity index (χ3n) is 9.79. The van der Waals surface area contributed by atoms with Gasteiger partial charge in [0.05, 0.1) is 72.0 Å². The van der Waals surface area contributed by atoms with Crippen molar-refractivity contribution in [2.75, 3.05) is 30.4 Å². The summed E-state index contributed by atoms with van der Waals surface area (Å²) in [5, 5.41) is 49.4. The molecule has 11 nitrogen and oxygen atoms in total. The normalized spacial score (nSPS) is 17.2. The van der Waals surface area contributed by atoms with Crippen molar-refractivity contribution in [3.8, 4) is 18.2 Å². The van der Waals surface area contributed by atoms with Gasteiger partial charge in [-0.15, -0.1) is 16.4 Å². The van der Waals surface area contributed by atoms with Crippen LogP contribution in [-0.4, -0.2) is 50.7 Å². The zero-order valence-corrected chi connectivity index (χ0v) is 27.7. The number of thiophene rings is 1. The molecule has 3 aliphatic rings. The number of rotatable bonds is 11. The zero-order chi connectivity index (χ0) is 33.3. The number of nitriles is 3. The van der Waals surface area contributed by atoms with E-state index in [1.807, 2.05) is 47.1 Å². The maximum absolute atomic E-state index is 10.3. The molecule has 3 aromatic heterocycles. The van der Waals surface area contributed by atoms with Gasteiger partial charge in [-0.3, -0.25) is 9.88 Å². The molecule has 49 heavy (non-hydrogen) atoms. The van der Waals surface area contributed by atoms with E-state index in [4.69, 9.17) is 4.74 Å². The highest BCUT2D eigenvalue weighted by atomic mass is 32.1. The van der Waals surface area contributed by atoms with Crippen LogP contribution in [0.1, 0.15) is 82.2 Å². The van der Waals surface area contributed by atoms with Gasteiger partial charge in [-0.25, -0.2) is 4.68 Å². The highest BCUT2D eigenvalue weighted by molar-refractivity contribution is 7.10. The molecule has 2 unspecified atom stereocenters. The minimum Gasteiger partial charge on any atom is -0.378 e. The second-order valence-electron chi connectivity index (χ2n) is 12.9. The predicted molar refractivity (Wildman–Crippen MR) is 186 cm³/mol.